The molecule has 0 unspecified atom stereocenters. The van der Waals surface area contributed by atoms with E-state index in [0.717, 1.165) is 30.3 Å². The predicted octanol–water partition coefficient (Wildman–Crippen LogP) is 3.65. The highest BCUT2D eigenvalue weighted by atomic mass is 19.4. The number of hydrogen-bond acceptors (Lipinski definition) is 7. The molecule has 1 saturated heterocycles. The van der Waals surface area contributed by atoms with Gasteiger partial charge >= 0.3 is 6.18 Å². The Morgan fingerprint density at radius 1 is 1.08 bits per heavy atom. The lowest BCUT2D eigenvalue weighted by atomic mass is 10.0. The average Bonchev–Trinajstić information content (AvgIpc) is 3.28. The third-order valence-corrected chi connectivity index (χ3v) is 6.30. The number of aromatic amines is 1. The van der Waals surface area contributed by atoms with Crippen molar-refractivity contribution in [1.29, 1.82) is 0 Å². The van der Waals surface area contributed by atoms with Gasteiger partial charge in [0.25, 0.3) is 5.91 Å². The number of carbonyl (C=O) groups excluding carboxylic acids is 1. The third kappa shape index (κ3) is 5.87. The summed E-state index contributed by atoms with van der Waals surface area (Å²) >= 11 is 0. The van der Waals surface area contributed by atoms with Gasteiger partial charge in [0.2, 0.25) is 0 Å². The number of nitrogen functional groups attached to an aromatic ring is 1. The molecule has 1 fully saturated rings. The molecule has 5 rings (SSSR count). The summed E-state index contributed by atoms with van der Waals surface area (Å²) in [7, 11) is 0. The molecule has 38 heavy (non-hydrogen) atoms. The molecular weight excluding hydrogens is 499 g/mol. The summed E-state index contributed by atoms with van der Waals surface area (Å²) in [6.07, 6.45) is -2.86. The summed E-state index contributed by atoms with van der Waals surface area (Å²) < 4.78 is 46.8. The van der Waals surface area contributed by atoms with Crippen LogP contribution in [0.4, 0.5) is 24.7 Å². The van der Waals surface area contributed by atoms with Crippen molar-refractivity contribution in [3.05, 3.63) is 65.9 Å². The number of H-pyrrole nitrogens is 1. The second-order valence-electron chi connectivity index (χ2n) is 8.99. The van der Waals surface area contributed by atoms with Crippen LogP contribution in [0, 0.1) is 0 Å². The van der Waals surface area contributed by atoms with Gasteiger partial charge in [0.15, 0.2) is 12.3 Å². The van der Waals surface area contributed by atoms with Crippen molar-refractivity contribution in [3.8, 4) is 16.9 Å². The highest BCUT2D eigenvalue weighted by Crippen LogP contribution is 2.34. The number of anilines is 2. The topological polar surface area (TPSA) is 121 Å². The largest absolute Gasteiger partial charge is 0.484 e. The molecule has 0 bridgehead atoms. The lowest BCUT2D eigenvalue weighted by Gasteiger charge is -2.28. The molecular formula is C26H26F3N7O2. The maximum absolute atomic E-state index is 13.7. The summed E-state index contributed by atoms with van der Waals surface area (Å²) in [5.74, 6) is 0.294. The highest BCUT2D eigenvalue weighted by Gasteiger charge is 2.34. The van der Waals surface area contributed by atoms with Gasteiger partial charge in [-0.1, -0.05) is 18.2 Å². The molecule has 1 amide bonds. The van der Waals surface area contributed by atoms with Gasteiger partial charge in [0.05, 0.1) is 10.9 Å². The highest BCUT2D eigenvalue weighted by molar-refractivity contribution is 5.92. The molecule has 4 aromatic rings. The molecule has 9 nitrogen and oxygen atoms in total. The Labute approximate surface area is 216 Å². The molecule has 1 aliphatic rings. The van der Waals surface area contributed by atoms with Crippen molar-refractivity contribution in [2.24, 2.45) is 0 Å². The van der Waals surface area contributed by atoms with Crippen molar-refractivity contribution in [2.45, 2.75) is 12.7 Å². The first-order valence-corrected chi connectivity index (χ1v) is 12.0. The normalized spacial score (nSPS) is 14.5. The molecule has 198 valence electrons. The van der Waals surface area contributed by atoms with E-state index in [9.17, 15) is 18.0 Å². The predicted molar refractivity (Wildman–Crippen MR) is 137 cm³/mol. The molecule has 0 atom stereocenters. The minimum atomic E-state index is -4.54. The quantitative estimate of drug-likeness (QED) is 0.291. The molecule has 5 N–H and O–H groups in total. The minimum absolute atomic E-state index is 0.0618. The first-order chi connectivity index (χ1) is 18.3. The number of nitrogens with one attached hydrogen (secondary N) is 3. The Balaban J connectivity index is 1.20. The molecule has 0 aliphatic carbocycles. The van der Waals surface area contributed by atoms with Crippen LogP contribution in [-0.4, -0.2) is 58.8 Å². The number of nitrogens with two attached hydrogens (primary N) is 1. The number of halogens is 3. The molecule has 0 radical (unpaired) electrons. The summed E-state index contributed by atoms with van der Waals surface area (Å²) in [4.78, 5) is 18.7. The van der Waals surface area contributed by atoms with Crippen molar-refractivity contribution in [3.63, 3.8) is 0 Å². The van der Waals surface area contributed by atoms with Crippen LogP contribution in [0.1, 0.15) is 11.1 Å². The number of aromatic nitrogens is 3. The van der Waals surface area contributed by atoms with Crippen LogP contribution >= 0.6 is 0 Å². The Bertz CT molecular complexity index is 1430. The number of nitrogens with zero attached hydrogens (tertiary/aromatic N) is 3. The molecule has 1 aliphatic heterocycles. The average molecular weight is 526 g/mol. The van der Waals surface area contributed by atoms with E-state index in [1.165, 1.54) is 12.1 Å². The second kappa shape index (κ2) is 10.7. The van der Waals surface area contributed by atoms with Crippen LogP contribution in [0.15, 0.2) is 54.7 Å². The summed E-state index contributed by atoms with van der Waals surface area (Å²) in [5, 5.41) is 13.1. The zero-order valence-corrected chi connectivity index (χ0v) is 20.3. The summed E-state index contributed by atoms with van der Waals surface area (Å²) in [6, 6.07) is 12.7. The Kier molecular flexibility index (Phi) is 7.16. The Morgan fingerprint density at radius 2 is 1.84 bits per heavy atom. The number of amides is 1. The zero-order valence-electron chi connectivity index (χ0n) is 20.3. The number of hydrogen-bond donors (Lipinski definition) is 4. The zero-order chi connectivity index (χ0) is 26.7. The molecule has 0 spiro atoms. The number of benzene rings is 2. The lowest BCUT2D eigenvalue weighted by Crippen LogP contribution is -2.43. The molecule has 3 heterocycles. The van der Waals surface area contributed by atoms with E-state index in [1.807, 2.05) is 11.0 Å². The van der Waals surface area contributed by atoms with Crippen LogP contribution in [-0.2, 0) is 17.5 Å². The van der Waals surface area contributed by atoms with Gasteiger partial charge in [-0.2, -0.15) is 18.3 Å². The van der Waals surface area contributed by atoms with Crippen molar-refractivity contribution in [2.75, 3.05) is 43.8 Å². The van der Waals surface area contributed by atoms with Crippen molar-refractivity contribution >= 4 is 28.4 Å². The smallest absolute Gasteiger partial charge is 0.416 e. The summed E-state index contributed by atoms with van der Waals surface area (Å²) in [6.45, 7) is 2.68. The van der Waals surface area contributed by atoms with E-state index in [2.05, 4.69) is 25.8 Å². The van der Waals surface area contributed by atoms with Gasteiger partial charge in [-0.05, 0) is 41.5 Å². The fraction of sp³-hybridized carbons (Fsp3) is 0.269. The number of fused-ring (bicyclic) bond motifs is 1. The number of piperazine rings is 1. The Hall–Kier alpha value is -4.16. The van der Waals surface area contributed by atoms with Crippen LogP contribution in [0.3, 0.4) is 0 Å². The van der Waals surface area contributed by atoms with Crippen LogP contribution in [0.2, 0.25) is 0 Å². The van der Waals surface area contributed by atoms with Crippen molar-refractivity contribution < 1.29 is 22.7 Å². The van der Waals surface area contributed by atoms with Crippen LogP contribution < -0.4 is 21.1 Å². The Morgan fingerprint density at radius 3 is 2.58 bits per heavy atom. The summed E-state index contributed by atoms with van der Waals surface area (Å²) in [5.41, 5.74) is 7.57. The fourth-order valence-corrected chi connectivity index (χ4v) is 4.33. The van der Waals surface area contributed by atoms with Gasteiger partial charge in [0.1, 0.15) is 11.6 Å². The van der Waals surface area contributed by atoms with Gasteiger partial charge in [0, 0.05) is 50.2 Å². The van der Waals surface area contributed by atoms with Gasteiger partial charge < -0.3 is 21.1 Å². The molecule has 0 saturated carbocycles. The maximum atomic E-state index is 13.7. The monoisotopic (exact) mass is 525 g/mol. The fourth-order valence-electron chi connectivity index (χ4n) is 4.33. The molecule has 12 heteroatoms. The first kappa shape index (κ1) is 25.5. The van der Waals surface area contributed by atoms with Crippen molar-refractivity contribution in [1.82, 2.24) is 25.4 Å². The lowest BCUT2D eigenvalue weighted by molar-refractivity contribution is -0.138. The van der Waals surface area contributed by atoms with Crippen LogP contribution in [0.25, 0.3) is 22.2 Å². The first-order valence-electron chi connectivity index (χ1n) is 12.0. The number of carbonyl (C=O) groups is 1. The maximum Gasteiger partial charge on any atom is 0.416 e. The van der Waals surface area contributed by atoms with E-state index < -0.39 is 17.6 Å². The number of alkyl halides is 3. The van der Waals surface area contributed by atoms with Crippen LogP contribution in [0.5, 0.6) is 5.75 Å². The van der Waals surface area contributed by atoms with E-state index in [1.54, 1.807) is 30.5 Å². The van der Waals surface area contributed by atoms with E-state index >= 15 is 0 Å². The molecule has 2 aromatic heterocycles. The number of ether oxygens (including phenoxy) is 1. The van der Waals surface area contributed by atoms with E-state index in [0.29, 0.717) is 35.7 Å². The van der Waals surface area contributed by atoms with Gasteiger partial charge in [-0.3, -0.25) is 14.8 Å². The third-order valence-electron chi connectivity index (χ3n) is 6.30. The van der Waals surface area contributed by atoms with Gasteiger partial charge in [-0.25, -0.2) is 4.98 Å². The second-order valence-corrected chi connectivity index (χ2v) is 8.99. The van der Waals surface area contributed by atoms with Gasteiger partial charge in [-0.15, -0.1) is 0 Å². The SMILES string of the molecule is Nc1[nH]nc2ncc(-c3ccc(OCC(=O)Nc4ccc(CN5CCNCC5)c(C(F)(F)F)c4)cc3)cc12. The molecule has 2 aromatic carbocycles. The minimum Gasteiger partial charge on any atom is -0.484 e. The van der Waals surface area contributed by atoms with E-state index in [4.69, 9.17) is 10.5 Å². The standard InChI is InChI=1S/C26H26F3N7O2/c27-26(28,29)22-12-19(4-1-17(22)14-36-9-7-31-8-10-36)33-23(37)15-38-20-5-2-16(3-6-20)18-11-21-24(30)34-35-25(21)32-13-18/h1-6,11-13,31H,7-10,14-15H2,(H,33,37)(H3,30,32,34,35). The number of rotatable bonds is 7. The van der Waals surface area contributed by atoms with E-state index in [-0.39, 0.29) is 24.4 Å². The number of pyridine rings is 1.